The SMILES string of the molecule is CB1OCc2ccc(CC(=O)[C@@H](Cc3ccc(C(F)(F)F)cc3)NC(=O)[C@@H](N)CC(=O)N(CCN)CCN)cc21. The summed E-state index contributed by atoms with van der Waals surface area (Å²) in [5.41, 5.74) is 19.4. The topological polar surface area (TPSA) is 154 Å². The Balaban J connectivity index is 1.76. The quantitative estimate of drug-likeness (QED) is 0.258. The second-order valence-electron chi connectivity index (χ2n) is 9.86. The Morgan fingerprint density at radius 1 is 1.05 bits per heavy atom. The average Bonchev–Trinajstić information content (AvgIpc) is 3.27. The lowest BCUT2D eigenvalue weighted by molar-refractivity contribution is -0.137. The van der Waals surface area contributed by atoms with E-state index in [1.54, 1.807) is 0 Å². The van der Waals surface area contributed by atoms with Crippen molar-refractivity contribution < 1.29 is 32.2 Å². The number of benzene rings is 2. The number of fused-ring (bicyclic) bond motifs is 1. The van der Waals surface area contributed by atoms with Gasteiger partial charge in [-0.05, 0) is 40.7 Å². The molecular formula is C27H35BF3N5O4. The van der Waals surface area contributed by atoms with Gasteiger partial charge in [-0.15, -0.1) is 0 Å². The predicted molar refractivity (Wildman–Crippen MR) is 146 cm³/mol. The van der Waals surface area contributed by atoms with Crippen LogP contribution in [0.3, 0.4) is 0 Å². The predicted octanol–water partition coefficient (Wildman–Crippen LogP) is 0.366. The normalized spacial score (nSPS) is 14.4. The molecule has 2 amide bonds. The number of carbonyl (C=O) groups is 3. The van der Waals surface area contributed by atoms with Crippen LogP contribution in [0.25, 0.3) is 0 Å². The first-order chi connectivity index (χ1) is 18.9. The van der Waals surface area contributed by atoms with Gasteiger partial charge in [-0.2, -0.15) is 13.2 Å². The summed E-state index contributed by atoms with van der Waals surface area (Å²) < 4.78 is 44.7. The maximum atomic E-state index is 13.4. The number of hydrogen-bond donors (Lipinski definition) is 4. The maximum Gasteiger partial charge on any atom is 0.416 e. The first-order valence-electron chi connectivity index (χ1n) is 13.1. The van der Waals surface area contributed by atoms with Crippen LogP contribution < -0.4 is 28.0 Å². The fraction of sp³-hybridized carbons (Fsp3) is 0.444. The molecule has 0 aliphatic carbocycles. The lowest BCUT2D eigenvalue weighted by atomic mass is 9.64. The number of Topliss-reactive ketones (excluding diaryl/α,β-unsaturated/α-hetero) is 1. The van der Waals surface area contributed by atoms with Gasteiger partial charge in [0.2, 0.25) is 11.8 Å². The van der Waals surface area contributed by atoms with E-state index in [1.807, 2.05) is 25.0 Å². The summed E-state index contributed by atoms with van der Waals surface area (Å²) in [6, 6.07) is 7.63. The summed E-state index contributed by atoms with van der Waals surface area (Å²) in [7, 11) is 0. The van der Waals surface area contributed by atoms with Gasteiger partial charge in [0.1, 0.15) is 0 Å². The molecule has 0 bridgehead atoms. The fourth-order valence-electron chi connectivity index (χ4n) is 4.57. The molecule has 2 aromatic rings. The number of halogens is 3. The molecule has 0 saturated carbocycles. The Morgan fingerprint density at radius 3 is 2.27 bits per heavy atom. The number of alkyl halides is 3. The highest BCUT2D eigenvalue weighted by molar-refractivity contribution is 6.67. The molecule has 13 heteroatoms. The van der Waals surface area contributed by atoms with Crippen molar-refractivity contribution in [3.63, 3.8) is 0 Å². The largest absolute Gasteiger partial charge is 0.427 e. The third-order valence-corrected chi connectivity index (χ3v) is 6.82. The Hall–Kier alpha value is -3.26. The number of nitrogens with one attached hydrogen (secondary N) is 1. The van der Waals surface area contributed by atoms with Crippen LogP contribution >= 0.6 is 0 Å². The van der Waals surface area contributed by atoms with Crippen molar-refractivity contribution in [1.82, 2.24) is 10.2 Å². The molecule has 2 atom stereocenters. The molecule has 0 radical (unpaired) electrons. The van der Waals surface area contributed by atoms with Crippen LogP contribution in [0.1, 0.15) is 28.7 Å². The molecule has 9 nitrogen and oxygen atoms in total. The highest BCUT2D eigenvalue weighted by Crippen LogP contribution is 2.29. The van der Waals surface area contributed by atoms with Gasteiger partial charge in [0.05, 0.1) is 30.7 Å². The zero-order chi connectivity index (χ0) is 29.4. The van der Waals surface area contributed by atoms with Gasteiger partial charge in [-0.25, -0.2) is 0 Å². The Kier molecular flexibility index (Phi) is 10.9. The molecular weight excluding hydrogens is 526 g/mol. The van der Waals surface area contributed by atoms with E-state index in [-0.39, 0.29) is 58.1 Å². The van der Waals surface area contributed by atoms with Gasteiger partial charge in [-0.1, -0.05) is 37.2 Å². The minimum atomic E-state index is -4.50. The van der Waals surface area contributed by atoms with Gasteiger partial charge in [0.15, 0.2) is 5.78 Å². The number of nitrogens with zero attached hydrogens (tertiary/aromatic N) is 1. The van der Waals surface area contributed by atoms with Gasteiger partial charge >= 0.3 is 13.1 Å². The second kappa shape index (κ2) is 13.9. The van der Waals surface area contributed by atoms with Gasteiger partial charge < -0.3 is 32.1 Å². The number of amides is 2. The molecule has 1 aliphatic rings. The molecule has 0 saturated heterocycles. The molecule has 0 fully saturated rings. The zero-order valence-electron chi connectivity index (χ0n) is 22.4. The van der Waals surface area contributed by atoms with E-state index in [9.17, 15) is 27.6 Å². The van der Waals surface area contributed by atoms with E-state index in [1.165, 1.54) is 17.0 Å². The molecule has 40 heavy (non-hydrogen) atoms. The van der Waals surface area contributed by atoms with Crippen LogP contribution in [0.2, 0.25) is 6.82 Å². The number of hydrogen-bond acceptors (Lipinski definition) is 7. The highest BCUT2D eigenvalue weighted by atomic mass is 19.4. The van der Waals surface area contributed by atoms with Crippen LogP contribution in [0.5, 0.6) is 0 Å². The standard InChI is InChI=1S/C27H35BF3N5O4/c1-28-21-12-18(2-5-19(21)16-40-28)14-24(37)23(13-17-3-6-20(7-4-17)27(29,30)31)35-26(39)22(34)15-25(38)36(10-8-32)11-9-33/h2-7,12,22-23H,8-11,13-16,32-34H2,1H3,(H,35,39)/t22-,23+/m0/s1. The van der Waals surface area contributed by atoms with Gasteiger partial charge in [-0.3, -0.25) is 14.4 Å². The summed E-state index contributed by atoms with van der Waals surface area (Å²) >= 11 is 0. The summed E-state index contributed by atoms with van der Waals surface area (Å²) in [6.07, 6.45) is -4.91. The molecule has 1 aliphatic heterocycles. The van der Waals surface area contributed by atoms with Crippen LogP contribution in [0.15, 0.2) is 42.5 Å². The molecule has 0 aromatic heterocycles. The molecule has 0 unspecified atom stereocenters. The molecule has 1 heterocycles. The first kappa shape index (κ1) is 31.3. The van der Waals surface area contributed by atoms with Crippen LogP contribution in [-0.2, 0) is 44.7 Å². The number of carbonyl (C=O) groups excluding carboxylic acids is 3. The number of nitrogens with two attached hydrogens (primary N) is 3. The lowest BCUT2D eigenvalue weighted by Crippen LogP contribution is -2.51. The molecule has 2 aromatic carbocycles. The molecule has 0 spiro atoms. The summed E-state index contributed by atoms with van der Waals surface area (Å²) in [4.78, 5) is 40.4. The third-order valence-electron chi connectivity index (χ3n) is 6.82. The minimum absolute atomic E-state index is 0.0273. The van der Waals surface area contributed by atoms with Crippen molar-refractivity contribution in [2.24, 2.45) is 17.2 Å². The van der Waals surface area contributed by atoms with Crippen LogP contribution in [-0.4, -0.2) is 67.7 Å². The highest BCUT2D eigenvalue weighted by Gasteiger charge is 2.31. The second-order valence-corrected chi connectivity index (χ2v) is 9.86. The van der Waals surface area contributed by atoms with Gasteiger partial charge in [0.25, 0.3) is 0 Å². The molecule has 7 N–H and O–H groups in total. The monoisotopic (exact) mass is 561 g/mol. The Morgan fingerprint density at radius 2 is 1.68 bits per heavy atom. The third kappa shape index (κ3) is 8.37. The van der Waals surface area contributed by atoms with Crippen molar-refractivity contribution in [3.8, 4) is 0 Å². The van der Waals surface area contributed by atoms with Crippen LogP contribution in [0, 0.1) is 0 Å². The van der Waals surface area contributed by atoms with E-state index in [0.29, 0.717) is 17.7 Å². The fourth-order valence-corrected chi connectivity index (χ4v) is 4.57. The van der Waals surface area contributed by atoms with Crippen molar-refractivity contribution in [2.45, 2.75) is 51.0 Å². The first-order valence-corrected chi connectivity index (χ1v) is 13.1. The van der Waals surface area contributed by atoms with Crippen LogP contribution in [0.4, 0.5) is 13.2 Å². The lowest BCUT2D eigenvalue weighted by Gasteiger charge is -2.24. The summed E-state index contributed by atoms with van der Waals surface area (Å²) in [5, 5.41) is 2.62. The smallest absolute Gasteiger partial charge is 0.416 e. The van der Waals surface area contributed by atoms with E-state index in [2.05, 4.69) is 5.32 Å². The molecule has 3 rings (SSSR count). The minimum Gasteiger partial charge on any atom is -0.427 e. The van der Waals surface area contributed by atoms with Crippen molar-refractivity contribution in [2.75, 3.05) is 26.2 Å². The number of rotatable bonds is 13. The van der Waals surface area contributed by atoms with E-state index >= 15 is 0 Å². The van der Waals surface area contributed by atoms with Crippen molar-refractivity contribution in [3.05, 3.63) is 64.7 Å². The maximum absolute atomic E-state index is 13.4. The summed E-state index contributed by atoms with van der Waals surface area (Å²) in [5.74, 6) is -1.49. The summed E-state index contributed by atoms with van der Waals surface area (Å²) in [6.45, 7) is 3.22. The molecule has 216 valence electrons. The number of ketones is 1. The average molecular weight is 561 g/mol. The Labute approximate surface area is 231 Å². The van der Waals surface area contributed by atoms with E-state index in [0.717, 1.165) is 23.2 Å². The Bertz CT molecular complexity index is 1190. The van der Waals surface area contributed by atoms with Crippen molar-refractivity contribution in [1.29, 1.82) is 0 Å². The van der Waals surface area contributed by atoms with E-state index in [4.69, 9.17) is 21.9 Å². The van der Waals surface area contributed by atoms with Crippen molar-refractivity contribution >= 4 is 30.0 Å². The van der Waals surface area contributed by atoms with E-state index < -0.39 is 35.6 Å². The zero-order valence-corrected chi connectivity index (χ0v) is 22.4. The van der Waals surface area contributed by atoms with Gasteiger partial charge in [0, 0.05) is 32.6 Å².